The SMILES string of the molecule is CCC(=O)S(=O)(=O)c1ccc(N)cc1. The minimum atomic E-state index is -3.80. The zero-order chi connectivity index (χ0) is 10.8. The number of carbonyl (C=O) groups is 1. The molecule has 0 aromatic heterocycles. The number of anilines is 1. The van der Waals surface area contributed by atoms with Crippen molar-refractivity contribution in [2.24, 2.45) is 0 Å². The van der Waals surface area contributed by atoms with Crippen molar-refractivity contribution in [3.05, 3.63) is 24.3 Å². The maximum atomic E-state index is 11.5. The van der Waals surface area contributed by atoms with Crippen LogP contribution in [0, 0.1) is 0 Å². The second-order valence-electron chi connectivity index (χ2n) is 2.80. The van der Waals surface area contributed by atoms with E-state index in [4.69, 9.17) is 5.73 Å². The average Bonchev–Trinajstić information content (AvgIpc) is 2.17. The fourth-order valence-electron chi connectivity index (χ4n) is 0.968. The lowest BCUT2D eigenvalue weighted by atomic mass is 10.3. The highest BCUT2D eigenvalue weighted by atomic mass is 32.2. The molecule has 14 heavy (non-hydrogen) atoms. The van der Waals surface area contributed by atoms with Crippen LogP contribution in [-0.2, 0) is 14.6 Å². The fraction of sp³-hybridized carbons (Fsp3) is 0.222. The summed E-state index contributed by atoms with van der Waals surface area (Å²) in [5.41, 5.74) is 5.86. The van der Waals surface area contributed by atoms with E-state index in [1.807, 2.05) is 0 Å². The van der Waals surface area contributed by atoms with E-state index in [0.717, 1.165) is 0 Å². The van der Waals surface area contributed by atoms with E-state index >= 15 is 0 Å². The molecule has 0 amide bonds. The van der Waals surface area contributed by atoms with E-state index in [1.54, 1.807) is 0 Å². The Balaban J connectivity index is 3.18. The second-order valence-corrected chi connectivity index (χ2v) is 4.73. The van der Waals surface area contributed by atoms with Crippen molar-refractivity contribution in [3.63, 3.8) is 0 Å². The Kier molecular flexibility index (Phi) is 2.90. The zero-order valence-corrected chi connectivity index (χ0v) is 8.54. The van der Waals surface area contributed by atoms with Crippen molar-refractivity contribution in [1.29, 1.82) is 0 Å². The number of benzene rings is 1. The highest BCUT2D eigenvalue weighted by Crippen LogP contribution is 2.14. The molecule has 1 aromatic carbocycles. The van der Waals surface area contributed by atoms with Gasteiger partial charge in [-0.3, -0.25) is 4.79 Å². The van der Waals surface area contributed by atoms with Crippen LogP contribution in [0.2, 0.25) is 0 Å². The molecule has 0 fully saturated rings. The summed E-state index contributed by atoms with van der Waals surface area (Å²) in [4.78, 5) is 11.1. The van der Waals surface area contributed by atoms with Gasteiger partial charge in [-0.2, -0.15) is 0 Å². The number of nitrogen functional groups attached to an aromatic ring is 1. The molecular weight excluding hydrogens is 202 g/mol. The molecule has 1 aromatic rings. The smallest absolute Gasteiger partial charge is 0.250 e. The first-order chi connectivity index (χ1) is 6.48. The summed E-state index contributed by atoms with van der Waals surface area (Å²) >= 11 is 0. The molecule has 0 heterocycles. The van der Waals surface area contributed by atoms with Gasteiger partial charge in [-0.05, 0) is 24.3 Å². The van der Waals surface area contributed by atoms with Gasteiger partial charge < -0.3 is 5.73 Å². The van der Waals surface area contributed by atoms with Crippen LogP contribution in [-0.4, -0.2) is 13.5 Å². The maximum Gasteiger partial charge on any atom is 0.250 e. The molecule has 0 radical (unpaired) electrons. The highest BCUT2D eigenvalue weighted by Gasteiger charge is 2.22. The van der Waals surface area contributed by atoms with Crippen LogP contribution in [0.15, 0.2) is 29.2 Å². The van der Waals surface area contributed by atoms with Crippen LogP contribution in [0.5, 0.6) is 0 Å². The molecule has 0 aliphatic carbocycles. The molecule has 0 atom stereocenters. The Labute approximate surface area is 82.7 Å². The van der Waals surface area contributed by atoms with Gasteiger partial charge in [0.25, 0.3) is 5.12 Å². The molecule has 5 heteroatoms. The van der Waals surface area contributed by atoms with Gasteiger partial charge in [0.05, 0.1) is 4.90 Å². The monoisotopic (exact) mass is 213 g/mol. The summed E-state index contributed by atoms with van der Waals surface area (Å²) in [6, 6.07) is 5.57. The lowest BCUT2D eigenvalue weighted by Gasteiger charge is -2.01. The summed E-state index contributed by atoms with van der Waals surface area (Å²) in [6.07, 6.45) is -0.0211. The molecule has 0 aliphatic rings. The van der Waals surface area contributed by atoms with Crippen LogP contribution in [0.4, 0.5) is 5.69 Å². The Morgan fingerprint density at radius 2 is 1.79 bits per heavy atom. The van der Waals surface area contributed by atoms with Crippen molar-refractivity contribution in [1.82, 2.24) is 0 Å². The fourth-order valence-corrected chi connectivity index (χ4v) is 2.11. The van der Waals surface area contributed by atoms with E-state index in [-0.39, 0.29) is 11.3 Å². The number of rotatable bonds is 2. The summed E-state index contributed by atoms with van der Waals surface area (Å²) in [5, 5.41) is -0.776. The van der Waals surface area contributed by atoms with Gasteiger partial charge in [0.2, 0.25) is 9.84 Å². The van der Waals surface area contributed by atoms with Gasteiger partial charge in [0, 0.05) is 12.1 Å². The molecule has 1 rings (SSSR count). The van der Waals surface area contributed by atoms with E-state index in [0.29, 0.717) is 5.69 Å². The number of hydrogen-bond acceptors (Lipinski definition) is 4. The first kappa shape index (κ1) is 10.7. The summed E-state index contributed by atoms with van der Waals surface area (Å²) in [6.45, 7) is 1.51. The Bertz CT molecular complexity index is 434. The number of carbonyl (C=O) groups excluding carboxylic acids is 1. The van der Waals surface area contributed by atoms with Gasteiger partial charge in [-0.25, -0.2) is 8.42 Å². The maximum absolute atomic E-state index is 11.5. The molecule has 0 bridgehead atoms. The zero-order valence-electron chi connectivity index (χ0n) is 7.73. The summed E-state index contributed by atoms with van der Waals surface area (Å²) in [5.74, 6) is 0. The lowest BCUT2D eigenvalue weighted by molar-refractivity contribution is -0.111. The molecule has 0 aliphatic heterocycles. The Hall–Kier alpha value is -1.36. The topological polar surface area (TPSA) is 77.2 Å². The van der Waals surface area contributed by atoms with Crippen molar-refractivity contribution in [2.75, 3.05) is 5.73 Å². The first-order valence-corrected chi connectivity index (χ1v) is 5.60. The molecule has 0 saturated carbocycles. The third-order valence-corrected chi connectivity index (χ3v) is 3.56. The van der Waals surface area contributed by atoms with Crippen molar-refractivity contribution in [2.45, 2.75) is 18.2 Å². The second kappa shape index (κ2) is 3.79. The number of sulfone groups is 1. The molecular formula is C9H11NO3S. The van der Waals surface area contributed by atoms with E-state index in [2.05, 4.69) is 0 Å². The molecule has 0 spiro atoms. The molecule has 4 nitrogen and oxygen atoms in total. The average molecular weight is 213 g/mol. The molecule has 0 saturated heterocycles. The quantitative estimate of drug-likeness (QED) is 0.743. The Morgan fingerprint density at radius 1 is 1.29 bits per heavy atom. The molecule has 2 N–H and O–H groups in total. The van der Waals surface area contributed by atoms with Gasteiger partial charge in [0.15, 0.2) is 0 Å². The van der Waals surface area contributed by atoms with Crippen molar-refractivity contribution in [3.8, 4) is 0 Å². The van der Waals surface area contributed by atoms with Gasteiger partial charge in [0.1, 0.15) is 0 Å². The van der Waals surface area contributed by atoms with Crippen molar-refractivity contribution < 1.29 is 13.2 Å². The van der Waals surface area contributed by atoms with Crippen molar-refractivity contribution >= 4 is 20.6 Å². The number of nitrogens with two attached hydrogens (primary N) is 1. The van der Waals surface area contributed by atoms with Gasteiger partial charge in [-0.1, -0.05) is 6.92 Å². The largest absolute Gasteiger partial charge is 0.399 e. The Morgan fingerprint density at radius 3 is 2.21 bits per heavy atom. The van der Waals surface area contributed by atoms with E-state index in [1.165, 1.54) is 31.2 Å². The minimum absolute atomic E-state index is 0.00134. The third-order valence-electron chi connectivity index (χ3n) is 1.78. The predicted molar refractivity (Wildman–Crippen MR) is 53.3 cm³/mol. The summed E-state index contributed by atoms with van der Waals surface area (Å²) < 4.78 is 23.0. The normalized spacial score (nSPS) is 11.2. The third kappa shape index (κ3) is 1.93. The van der Waals surface area contributed by atoms with Crippen LogP contribution < -0.4 is 5.73 Å². The predicted octanol–water partition coefficient (Wildman–Crippen LogP) is 0.979. The molecule has 0 unspecified atom stereocenters. The standard InChI is InChI=1S/C9H11NO3S/c1-2-9(11)14(12,13)8-5-3-7(10)4-6-8/h3-6H,2,10H2,1H3. The van der Waals surface area contributed by atoms with Gasteiger partial charge >= 0.3 is 0 Å². The van der Waals surface area contributed by atoms with Crippen LogP contribution in [0.25, 0.3) is 0 Å². The first-order valence-electron chi connectivity index (χ1n) is 4.12. The van der Waals surface area contributed by atoms with E-state index in [9.17, 15) is 13.2 Å². The molecule has 76 valence electrons. The van der Waals surface area contributed by atoms with Gasteiger partial charge in [-0.15, -0.1) is 0 Å². The highest BCUT2D eigenvalue weighted by molar-refractivity contribution is 8.06. The van der Waals surface area contributed by atoms with Crippen LogP contribution >= 0.6 is 0 Å². The number of hydrogen-bond donors (Lipinski definition) is 1. The minimum Gasteiger partial charge on any atom is -0.399 e. The van der Waals surface area contributed by atoms with Crippen LogP contribution in [0.1, 0.15) is 13.3 Å². The van der Waals surface area contributed by atoms with E-state index < -0.39 is 15.0 Å². The lowest BCUT2D eigenvalue weighted by Crippen LogP contribution is -2.13. The summed E-state index contributed by atoms with van der Waals surface area (Å²) in [7, 11) is -3.80. The van der Waals surface area contributed by atoms with Crippen LogP contribution in [0.3, 0.4) is 0 Å².